The maximum Gasteiger partial charge on any atom is 0.246 e. The van der Waals surface area contributed by atoms with Crippen LogP contribution in [-0.2, 0) is 4.79 Å². The van der Waals surface area contributed by atoms with Crippen LogP contribution in [0.5, 0.6) is 0 Å². The third-order valence-electron chi connectivity index (χ3n) is 4.34. The SMILES string of the molecule is C=CC(=O)N1C[C@H](Nc2ncnc3[nH]ccc23)C[C@H](N(C)C)C1. The van der Waals surface area contributed by atoms with E-state index in [0.29, 0.717) is 12.6 Å². The Morgan fingerprint density at radius 2 is 2.30 bits per heavy atom. The maximum absolute atomic E-state index is 12.0. The van der Waals surface area contributed by atoms with Gasteiger partial charge < -0.3 is 20.1 Å². The molecule has 0 aliphatic carbocycles. The Hall–Kier alpha value is -2.41. The first-order valence-electron chi connectivity index (χ1n) is 7.71. The molecule has 3 heterocycles. The first kappa shape index (κ1) is 15.5. The van der Waals surface area contributed by atoms with Gasteiger partial charge in [-0.05, 0) is 32.7 Å². The Labute approximate surface area is 135 Å². The van der Waals surface area contributed by atoms with E-state index in [2.05, 4.69) is 31.7 Å². The van der Waals surface area contributed by atoms with Gasteiger partial charge >= 0.3 is 0 Å². The molecule has 2 atom stereocenters. The van der Waals surface area contributed by atoms with Crippen molar-refractivity contribution in [1.82, 2.24) is 24.8 Å². The smallest absolute Gasteiger partial charge is 0.246 e. The fourth-order valence-corrected chi connectivity index (χ4v) is 3.04. The predicted molar refractivity (Wildman–Crippen MR) is 90.2 cm³/mol. The normalized spacial score (nSPS) is 21.6. The fourth-order valence-electron chi connectivity index (χ4n) is 3.04. The second-order valence-corrected chi connectivity index (χ2v) is 6.10. The summed E-state index contributed by atoms with van der Waals surface area (Å²) in [6, 6.07) is 2.39. The van der Waals surface area contributed by atoms with Crippen LogP contribution >= 0.6 is 0 Å². The largest absolute Gasteiger partial charge is 0.365 e. The Kier molecular flexibility index (Phi) is 4.29. The van der Waals surface area contributed by atoms with Gasteiger partial charge in [0.2, 0.25) is 5.91 Å². The summed E-state index contributed by atoms with van der Waals surface area (Å²) in [5.74, 6) is 0.768. The molecule has 7 nitrogen and oxygen atoms in total. The number of rotatable bonds is 4. The van der Waals surface area contributed by atoms with E-state index in [-0.39, 0.29) is 11.9 Å². The van der Waals surface area contributed by atoms with Crippen molar-refractivity contribution in [2.45, 2.75) is 18.5 Å². The zero-order valence-corrected chi connectivity index (χ0v) is 13.5. The lowest BCUT2D eigenvalue weighted by Gasteiger charge is -2.40. The highest BCUT2D eigenvalue weighted by Gasteiger charge is 2.30. The molecule has 1 aliphatic rings. The third kappa shape index (κ3) is 3.19. The third-order valence-corrected chi connectivity index (χ3v) is 4.34. The van der Waals surface area contributed by atoms with Crippen LogP contribution in [0.1, 0.15) is 6.42 Å². The summed E-state index contributed by atoms with van der Waals surface area (Å²) in [5, 5.41) is 4.44. The van der Waals surface area contributed by atoms with E-state index in [4.69, 9.17) is 0 Å². The van der Waals surface area contributed by atoms with Crippen LogP contribution in [0.2, 0.25) is 0 Å². The molecule has 1 amide bonds. The second kappa shape index (κ2) is 6.37. The minimum atomic E-state index is -0.0298. The van der Waals surface area contributed by atoms with Crippen LogP contribution in [0.3, 0.4) is 0 Å². The van der Waals surface area contributed by atoms with E-state index >= 15 is 0 Å². The van der Waals surface area contributed by atoms with Gasteiger partial charge in [-0.3, -0.25) is 4.79 Å². The van der Waals surface area contributed by atoms with E-state index in [1.165, 1.54) is 6.08 Å². The molecule has 0 spiro atoms. The topological polar surface area (TPSA) is 77.1 Å². The van der Waals surface area contributed by atoms with Crippen LogP contribution in [0.15, 0.2) is 31.2 Å². The summed E-state index contributed by atoms with van der Waals surface area (Å²) in [6.45, 7) is 4.96. The average Bonchev–Trinajstić information content (AvgIpc) is 3.03. The molecule has 1 aliphatic heterocycles. The number of carbonyl (C=O) groups is 1. The molecule has 1 saturated heterocycles. The van der Waals surface area contributed by atoms with Crippen molar-refractivity contribution in [2.24, 2.45) is 0 Å². The Bertz CT molecular complexity index is 709. The van der Waals surface area contributed by atoms with Crippen LogP contribution in [-0.4, -0.2) is 69.9 Å². The Morgan fingerprint density at radius 1 is 1.48 bits per heavy atom. The molecule has 122 valence electrons. The zero-order valence-electron chi connectivity index (χ0n) is 13.5. The number of anilines is 1. The van der Waals surface area contributed by atoms with Gasteiger partial charge in [0.1, 0.15) is 17.8 Å². The summed E-state index contributed by atoms with van der Waals surface area (Å²) in [4.78, 5) is 27.7. The number of nitrogens with one attached hydrogen (secondary N) is 2. The van der Waals surface area contributed by atoms with Crippen molar-refractivity contribution in [2.75, 3.05) is 32.5 Å². The molecular weight excluding hydrogens is 292 g/mol. The molecule has 7 heteroatoms. The maximum atomic E-state index is 12.0. The van der Waals surface area contributed by atoms with E-state index in [1.807, 2.05) is 31.3 Å². The van der Waals surface area contributed by atoms with Crippen molar-refractivity contribution in [3.63, 3.8) is 0 Å². The van der Waals surface area contributed by atoms with Crippen LogP contribution in [0.4, 0.5) is 5.82 Å². The zero-order chi connectivity index (χ0) is 16.4. The van der Waals surface area contributed by atoms with Crippen molar-refractivity contribution < 1.29 is 4.79 Å². The van der Waals surface area contributed by atoms with Crippen LogP contribution in [0.25, 0.3) is 11.0 Å². The molecule has 23 heavy (non-hydrogen) atoms. The van der Waals surface area contributed by atoms with Crippen molar-refractivity contribution in [3.05, 3.63) is 31.2 Å². The molecule has 0 unspecified atom stereocenters. The quantitative estimate of drug-likeness (QED) is 0.826. The first-order chi connectivity index (χ1) is 11.1. The number of aromatic nitrogens is 3. The lowest BCUT2D eigenvalue weighted by molar-refractivity contribution is -0.128. The first-order valence-corrected chi connectivity index (χ1v) is 7.71. The number of fused-ring (bicyclic) bond motifs is 1. The van der Waals surface area contributed by atoms with Gasteiger partial charge in [-0.25, -0.2) is 9.97 Å². The molecule has 0 saturated carbocycles. The number of hydrogen-bond donors (Lipinski definition) is 2. The Balaban J connectivity index is 1.81. The molecule has 2 aromatic rings. The number of aromatic amines is 1. The lowest BCUT2D eigenvalue weighted by Crippen LogP contribution is -2.54. The van der Waals surface area contributed by atoms with E-state index in [0.717, 1.165) is 29.8 Å². The molecular formula is C16H22N6O. The van der Waals surface area contributed by atoms with Gasteiger partial charge in [0, 0.05) is 31.4 Å². The van der Waals surface area contributed by atoms with E-state index in [1.54, 1.807) is 6.33 Å². The average molecular weight is 314 g/mol. The van der Waals surface area contributed by atoms with Crippen molar-refractivity contribution in [3.8, 4) is 0 Å². The summed E-state index contributed by atoms with van der Waals surface area (Å²) in [6.07, 6.45) is 5.72. The Morgan fingerprint density at radius 3 is 3.04 bits per heavy atom. The van der Waals surface area contributed by atoms with E-state index in [9.17, 15) is 4.79 Å². The number of hydrogen-bond acceptors (Lipinski definition) is 5. The minimum Gasteiger partial charge on any atom is -0.365 e. The number of likely N-dealkylation sites (tertiary alicyclic amines) is 1. The standard InChI is InChI=1S/C16H22N6O/c1-4-14(23)22-8-11(7-12(9-22)21(2)3)20-16-13-5-6-17-15(13)18-10-19-16/h4-6,10-12H,1,7-9H2,2-3H3,(H2,17,18,19,20)/t11-,12+/m1/s1. The fraction of sp³-hybridized carbons (Fsp3) is 0.438. The molecule has 0 bridgehead atoms. The number of carbonyl (C=O) groups excluding carboxylic acids is 1. The lowest BCUT2D eigenvalue weighted by atomic mass is 9.99. The highest BCUT2D eigenvalue weighted by atomic mass is 16.2. The molecule has 3 rings (SSSR count). The highest BCUT2D eigenvalue weighted by Crippen LogP contribution is 2.22. The van der Waals surface area contributed by atoms with Gasteiger partial charge in [-0.2, -0.15) is 0 Å². The summed E-state index contributed by atoms with van der Waals surface area (Å²) >= 11 is 0. The van der Waals surface area contributed by atoms with Gasteiger partial charge in [0.15, 0.2) is 0 Å². The molecule has 2 N–H and O–H groups in total. The number of H-pyrrole nitrogens is 1. The molecule has 0 radical (unpaired) electrons. The number of nitrogens with zero attached hydrogens (tertiary/aromatic N) is 4. The van der Waals surface area contributed by atoms with Crippen LogP contribution < -0.4 is 5.32 Å². The van der Waals surface area contributed by atoms with Crippen molar-refractivity contribution in [1.29, 1.82) is 0 Å². The monoisotopic (exact) mass is 314 g/mol. The second-order valence-electron chi connectivity index (χ2n) is 6.10. The van der Waals surface area contributed by atoms with Gasteiger partial charge in [-0.15, -0.1) is 0 Å². The summed E-state index contributed by atoms with van der Waals surface area (Å²) < 4.78 is 0. The molecule has 2 aromatic heterocycles. The number of likely N-dealkylation sites (N-methyl/N-ethyl adjacent to an activating group) is 1. The molecule has 1 fully saturated rings. The predicted octanol–water partition coefficient (Wildman–Crippen LogP) is 1.09. The minimum absolute atomic E-state index is 0.0298. The van der Waals surface area contributed by atoms with Crippen LogP contribution in [0, 0.1) is 0 Å². The number of piperidine rings is 1. The number of amides is 1. The van der Waals surface area contributed by atoms with Gasteiger partial charge in [0.25, 0.3) is 0 Å². The highest BCUT2D eigenvalue weighted by molar-refractivity contribution is 5.88. The van der Waals surface area contributed by atoms with Gasteiger partial charge in [0.05, 0.1) is 5.39 Å². The van der Waals surface area contributed by atoms with Crippen molar-refractivity contribution >= 4 is 22.8 Å². The summed E-state index contributed by atoms with van der Waals surface area (Å²) in [7, 11) is 4.08. The van der Waals surface area contributed by atoms with E-state index < -0.39 is 0 Å². The summed E-state index contributed by atoms with van der Waals surface area (Å²) in [5.41, 5.74) is 0.807. The molecule has 0 aromatic carbocycles. The van der Waals surface area contributed by atoms with Gasteiger partial charge in [-0.1, -0.05) is 6.58 Å².